The minimum absolute atomic E-state index is 0.0186. The molecule has 2 aliphatic heterocycles. The topological polar surface area (TPSA) is 123 Å². The summed E-state index contributed by atoms with van der Waals surface area (Å²) >= 11 is 0. The van der Waals surface area contributed by atoms with E-state index >= 15 is 0 Å². The molecule has 0 aliphatic carbocycles. The minimum Gasteiger partial charge on any atom is -0.457 e. The molecule has 2 rings (SSSR count). The summed E-state index contributed by atoms with van der Waals surface area (Å²) in [6, 6.07) is 0. The normalized spacial score (nSPS) is 27.1. The predicted octanol–water partition coefficient (Wildman–Crippen LogP) is 1.42. The fourth-order valence-electron chi connectivity index (χ4n) is 2.86. The highest BCUT2D eigenvalue weighted by atomic mass is 16.9. The van der Waals surface area contributed by atoms with Crippen LogP contribution in [-0.4, -0.2) is 61.3 Å². The summed E-state index contributed by atoms with van der Waals surface area (Å²) in [7, 11) is 0. The average Bonchev–Trinajstić information content (AvgIpc) is 3.13. The van der Waals surface area contributed by atoms with Crippen LogP contribution in [0, 0.1) is 15.5 Å². The van der Waals surface area contributed by atoms with E-state index in [4.69, 9.17) is 18.9 Å². The van der Waals surface area contributed by atoms with Gasteiger partial charge in [-0.1, -0.05) is 6.42 Å². The summed E-state index contributed by atoms with van der Waals surface area (Å²) < 4.78 is 22.2. The standard InChI is InChI=1S/C17H27NO9/c1-17(2,3)16(20)27-12-10-24-14-11(9-23-15(12)14)26-13(19)7-5-4-6-8-25-18(21)22/h11-12,14-15H,4-10H2,1-3H3/t11-,12-,14-,15-/m1/s1. The van der Waals surface area contributed by atoms with Gasteiger partial charge in [-0.25, -0.2) is 0 Å². The monoisotopic (exact) mass is 389 g/mol. The van der Waals surface area contributed by atoms with E-state index in [1.165, 1.54) is 0 Å². The Hall–Kier alpha value is -1.94. The van der Waals surface area contributed by atoms with Crippen molar-refractivity contribution >= 4 is 11.9 Å². The predicted molar refractivity (Wildman–Crippen MR) is 90.1 cm³/mol. The first-order valence-electron chi connectivity index (χ1n) is 9.09. The lowest BCUT2D eigenvalue weighted by Gasteiger charge is -2.22. The van der Waals surface area contributed by atoms with Crippen LogP contribution >= 0.6 is 0 Å². The van der Waals surface area contributed by atoms with Crippen LogP contribution in [0.15, 0.2) is 0 Å². The van der Waals surface area contributed by atoms with Crippen LogP contribution < -0.4 is 0 Å². The Morgan fingerprint density at radius 1 is 1.04 bits per heavy atom. The third-order valence-electron chi connectivity index (χ3n) is 4.34. The first kappa shape index (κ1) is 21.4. The van der Waals surface area contributed by atoms with E-state index in [0.29, 0.717) is 19.3 Å². The van der Waals surface area contributed by atoms with E-state index in [-0.39, 0.29) is 38.2 Å². The minimum atomic E-state index is -0.835. The summed E-state index contributed by atoms with van der Waals surface area (Å²) in [6.45, 7) is 5.73. The van der Waals surface area contributed by atoms with Crippen molar-refractivity contribution < 1.29 is 38.5 Å². The molecule has 2 heterocycles. The molecule has 2 saturated heterocycles. The summed E-state index contributed by atoms with van der Waals surface area (Å²) in [5.41, 5.74) is -0.618. The summed E-state index contributed by atoms with van der Waals surface area (Å²) in [6.07, 6.45) is -0.0463. The number of hydrogen-bond donors (Lipinski definition) is 0. The molecular weight excluding hydrogens is 362 g/mol. The van der Waals surface area contributed by atoms with E-state index in [9.17, 15) is 19.7 Å². The number of hydrogen-bond acceptors (Lipinski definition) is 9. The first-order chi connectivity index (χ1) is 12.7. The molecule has 154 valence electrons. The lowest BCUT2D eigenvalue weighted by molar-refractivity contribution is -0.757. The molecule has 10 heteroatoms. The molecule has 0 N–H and O–H groups in total. The lowest BCUT2D eigenvalue weighted by Crippen LogP contribution is -2.37. The average molecular weight is 389 g/mol. The van der Waals surface area contributed by atoms with Gasteiger partial charge in [0.2, 0.25) is 0 Å². The number of esters is 2. The highest BCUT2D eigenvalue weighted by molar-refractivity contribution is 5.75. The highest BCUT2D eigenvalue weighted by Gasteiger charge is 2.51. The Morgan fingerprint density at radius 3 is 2.19 bits per heavy atom. The maximum atomic E-state index is 12.0. The molecule has 0 bridgehead atoms. The van der Waals surface area contributed by atoms with Crippen LogP contribution in [0.2, 0.25) is 0 Å². The van der Waals surface area contributed by atoms with Crippen molar-refractivity contribution in [3.63, 3.8) is 0 Å². The van der Waals surface area contributed by atoms with E-state index in [2.05, 4.69) is 4.84 Å². The lowest BCUT2D eigenvalue weighted by atomic mass is 9.97. The van der Waals surface area contributed by atoms with Crippen LogP contribution in [-0.2, 0) is 33.4 Å². The molecule has 0 aromatic heterocycles. The molecule has 4 atom stereocenters. The van der Waals surface area contributed by atoms with Gasteiger partial charge in [0.1, 0.15) is 12.2 Å². The zero-order valence-corrected chi connectivity index (χ0v) is 15.9. The van der Waals surface area contributed by atoms with Crippen LogP contribution in [0.25, 0.3) is 0 Å². The van der Waals surface area contributed by atoms with E-state index in [1.807, 2.05) is 0 Å². The molecule has 0 amide bonds. The Kier molecular flexibility index (Phi) is 7.37. The van der Waals surface area contributed by atoms with Gasteiger partial charge in [-0.05, 0) is 33.6 Å². The van der Waals surface area contributed by atoms with Gasteiger partial charge in [0.25, 0.3) is 5.09 Å². The van der Waals surface area contributed by atoms with Crippen LogP contribution in [0.1, 0.15) is 46.5 Å². The third-order valence-corrected chi connectivity index (χ3v) is 4.34. The number of rotatable bonds is 9. The fraction of sp³-hybridized carbons (Fsp3) is 0.882. The third kappa shape index (κ3) is 6.31. The summed E-state index contributed by atoms with van der Waals surface area (Å²) in [5, 5.41) is 9.18. The SMILES string of the molecule is CC(C)(C)C(=O)O[C@@H]1CO[C@H]2[C@@H]1OC[C@H]2OC(=O)CCCCCO[N+](=O)[O-]. The number of ether oxygens (including phenoxy) is 4. The Bertz CT molecular complexity index is 545. The Balaban J connectivity index is 1.68. The zero-order valence-electron chi connectivity index (χ0n) is 15.9. The quantitative estimate of drug-likeness (QED) is 0.249. The number of carbonyl (C=O) groups excluding carboxylic acids is 2. The molecular formula is C17H27NO9. The fourth-order valence-corrected chi connectivity index (χ4v) is 2.86. The Labute approximate surface area is 157 Å². The maximum absolute atomic E-state index is 12.0. The van der Waals surface area contributed by atoms with Crippen molar-refractivity contribution in [1.29, 1.82) is 0 Å². The van der Waals surface area contributed by atoms with E-state index < -0.39 is 34.9 Å². The van der Waals surface area contributed by atoms with Gasteiger partial charge < -0.3 is 23.8 Å². The number of nitrogens with zero attached hydrogens (tertiary/aromatic N) is 1. The van der Waals surface area contributed by atoms with Crippen LogP contribution in [0.4, 0.5) is 0 Å². The van der Waals surface area contributed by atoms with E-state index in [1.54, 1.807) is 20.8 Å². The first-order valence-corrected chi connectivity index (χ1v) is 9.09. The number of unbranched alkanes of at least 4 members (excludes halogenated alkanes) is 2. The maximum Gasteiger partial charge on any atom is 0.311 e. The smallest absolute Gasteiger partial charge is 0.311 e. The van der Waals surface area contributed by atoms with Crippen molar-refractivity contribution in [2.75, 3.05) is 19.8 Å². The van der Waals surface area contributed by atoms with Gasteiger partial charge in [0, 0.05) is 6.42 Å². The molecule has 0 saturated carbocycles. The zero-order chi connectivity index (χ0) is 20.0. The second-order valence-electron chi connectivity index (χ2n) is 7.69. The van der Waals surface area contributed by atoms with Gasteiger partial charge in [-0.15, -0.1) is 10.1 Å². The van der Waals surface area contributed by atoms with Gasteiger partial charge in [-0.2, -0.15) is 0 Å². The Morgan fingerprint density at radius 2 is 1.63 bits per heavy atom. The van der Waals surface area contributed by atoms with Gasteiger partial charge >= 0.3 is 11.9 Å². The molecule has 0 unspecified atom stereocenters. The van der Waals surface area contributed by atoms with Crippen LogP contribution in [0.3, 0.4) is 0 Å². The highest BCUT2D eigenvalue weighted by Crippen LogP contribution is 2.32. The summed E-state index contributed by atoms with van der Waals surface area (Å²) in [4.78, 5) is 38.2. The van der Waals surface area contributed by atoms with Crippen molar-refractivity contribution in [2.45, 2.75) is 70.9 Å². The van der Waals surface area contributed by atoms with Crippen LogP contribution in [0.5, 0.6) is 0 Å². The molecule has 2 fully saturated rings. The molecule has 0 spiro atoms. The molecule has 27 heavy (non-hydrogen) atoms. The molecule has 0 aromatic rings. The van der Waals surface area contributed by atoms with Crippen molar-refractivity contribution in [1.82, 2.24) is 0 Å². The number of carbonyl (C=O) groups is 2. The summed E-state index contributed by atoms with van der Waals surface area (Å²) in [5.74, 6) is -0.708. The second kappa shape index (κ2) is 9.32. The van der Waals surface area contributed by atoms with Gasteiger partial charge in [0.05, 0.1) is 25.2 Å². The molecule has 0 aromatic carbocycles. The van der Waals surface area contributed by atoms with Crippen molar-refractivity contribution in [3.05, 3.63) is 10.1 Å². The largest absolute Gasteiger partial charge is 0.457 e. The van der Waals surface area contributed by atoms with Gasteiger partial charge in [0.15, 0.2) is 12.2 Å². The van der Waals surface area contributed by atoms with Crippen molar-refractivity contribution in [2.24, 2.45) is 5.41 Å². The van der Waals surface area contributed by atoms with Crippen molar-refractivity contribution in [3.8, 4) is 0 Å². The molecule has 2 aliphatic rings. The van der Waals surface area contributed by atoms with Gasteiger partial charge in [-0.3, -0.25) is 9.59 Å². The molecule has 10 nitrogen and oxygen atoms in total. The second-order valence-corrected chi connectivity index (χ2v) is 7.69. The molecule has 0 radical (unpaired) electrons. The number of fused-ring (bicyclic) bond motifs is 1. The van der Waals surface area contributed by atoms with E-state index in [0.717, 1.165) is 0 Å².